The lowest BCUT2D eigenvalue weighted by Crippen LogP contribution is -2.33. The maximum atomic E-state index is 12.7. The number of aliphatic imine (C=N–C) groups is 1. The highest BCUT2D eigenvalue weighted by Gasteiger charge is 2.24. The van der Waals surface area contributed by atoms with Crippen molar-refractivity contribution in [2.24, 2.45) is 9.36 Å². The molecule has 0 spiro atoms. The van der Waals surface area contributed by atoms with E-state index in [0.717, 1.165) is 14.5 Å². The monoisotopic (exact) mass is 524 g/mol. The van der Waals surface area contributed by atoms with Crippen molar-refractivity contribution in [3.05, 3.63) is 57.4 Å². The molecule has 0 fully saturated rings. The lowest BCUT2D eigenvalue weighted by Gasteiger charge is -2.21. The van der Waals surface area contributed by atoms with E-state index in [9.17, 15) is 4.21 Å². The van der Waals surface area contributed by atoms with Crippen molar-refractivity contribution in [2.45, 2.75) is 13.0 Å². The minimum atomic E-state index is -2.67. The summed E-state index contributed by atoms with van der Waals surface area (Å²) in [7, 11) is -2.67. The largest absolute Gasteiger partial charge is 0.283 e. The molecule has 2 aromatic heterocycles. The lowest BCUT2D eigenvalue weighted by molar-refractivity contribution is 0.672. The van der Waals surface area contributed by atoms with Gasteiger partial charge in [0.25, 0.3) is 0 Å². The third-order valence-electron chi connectivity index (χ3n) is 3.87. The second kappa shape index (κ2) is 7.33. The summed E-state index contributed by atoms with van der Waals surface area (Å²) in [5.41, 5.74) is 1.33. The Morgan fingerprint density at radius 1 is 1.25 bits per heavy atom. The first-order valence-corrected chi connectivity index (χ1v) is 11.6. The average Bonchev–Trinajstić information content (AvgIpc) is 3.13. The molecule has 0 aliphatic carbocycles. The molecule has 9 nitrogen and oxygen atoms in total. The Bertz CT molecular complexity index is 1200. The van der Waals surface area contributed by atoms with Gasteiger partial charge in [-0.2, -0.15) is 14.1 Å². The van der Waals surface area contributed by atoms with Crippen molar-refractivity contribution >= 4 is 53.3 Å². The first-order valence-electron chi connectivity index (χ1n) is 8.07. The van der Waals surface area contributed by atoms with Crippen molar-refractivity contribution in [3.63, 3.8) is 0 Å². The molecular formula is C16H14Br2N8OS. The second-order valence-electron chi connectivity index (χ2n) is 6.03. The molecule has 1 aromatic carbocycles. The van der Waals surface area contributed by atoms with Crippen molar-refractivity contribution in [1.82, 2.24) is 29.5 Å². The number of benzene rings is 1. The molecule has 28 heavy (non-hydrogen) atoms. The van der Waals surface area contributed by atoms with Crippen LogP contribution in [0.5, 0.6) is 0 Å². The van der Waals surface area contributed by atoms with Gasteiger partial charge in [0.1, 0.15) is 28.1 Å². The molecule has 3 aromatic rings. The van der Waals surface area contributed by atoms with Gasteiger partial charge in [-0.05, 0) is 35.0 Å². The van der Waals surface area contributed by atoms with Gasteiger partial charge in [0, 0.05) is 33.2 Å². The number of nitrogens with one attached hydrogen (secondary N) is 1. The number of amidine groups is 1. The van der Waals surface area contributed by atoms with Crippen molar-refractivity contribution in [1.29, 1.82) is 0 Å². The van der Waals surface area contributed by atoms with Crippen LogP contribution in [0.15, 0.2) is 55.4 Å². The van der Waals surface area contributed by atoms with E-state index < -0.39 is 16.0 Å². The minimum absolute atomic E-state index is 0.397. The van der Waals surface area contributed by atoms with Crippen LogP contribution in [0.2, 0.25) is 0 Å². The number of nitrogens with zero attached hydrogens (tertiary/aromatic N) is 7. The molecule has 0 amide bonds. The molecule has 4 rings (SSSR count). The first-order chi connectivity index (χ1) is 13.3. The molecule has 1 aliphatic heterocycles. The zero-order chi connectivity index (χ0) is 19.9. The SMILES string of the molecule is C[C@H](N=C1NS(C)(=O)=Nc2c(Br)cc(Br)cc21)c1ncnn1-c1cnccn1. The summed E-state index contributed by atoms with van der Waals surface area (Å²) >= 11 is 6.96. The van der Waals surface area contributed by atoms with Gasteiger partial charge in [-0.3, -0.25) is 14.7 Å². The zero-order valence-electron chi connectivity index (χ0n) is 14.7. The van der Waals surface area contributed by atoms with E-state index in [1.165, 1.54) is 12.6 Å². The van der Waals surface area contributed by atoms with Crippen LogP contribution in [0.1, 0.15) is 24.4 Å². The number of rotatable bonds is 3. The number of aromatic nitrogens is 5. The quantitative estimate of drug-likeness (QED) is 0.563. The number of hydrogen-bond acceptors (Lipinski definition) is 7. The molecule has 1 aliphatic rings. The van der Waals surface area contributed by atoms with Crippen LogP contribution in [-0.2, 0) is 9.92 Å². The summed E-state index contributed by atoms with van der Waals surface area (Å²) in [6.07, 6.45) is 7.74. The van der Waals surface area contributed by atoms with Crippen LogP contribution in [0.3, 0.4) is 0 Å². The highest BCUT2D eigenvalue weighted by atomic mass is 79.9. The molecule has 0 radical (unpaired) electrons. The molecule has 1 N–H and O–H groups in total. The van der Waals surface area contributed by atoms with Crippen molar-refractivity contribution in [2.75, 3.05) is 6.26 Å². The molecule has 1 unspecified atom stereocenters. The summed E-state index contributed by atoms with van der Waals surface area (Å²) in [5.74, 6) is 1.59. The van der Waals surface area contributed by atoms with Gasteiger partial charge < -0.3 is 0 Å². The van der Waals surface area contributed by atoms with Gasteiger partial charge in [0.15, 0.2) is 11.6 Å². The van der Waals surface area contributed by atoms with E-state index in [2.05, 4.69) is 61.0 Å². The smallest absolute Gasteiger partial charge is 0.174 e. The van der Waals surface area contributed by atoms with E-state index in [-0.39, 0.29) is 0 Å². The minimum Gasteiger partial charge on any atom is -0.283 e. The fourth-order valence-electron chi connectivity index (χ4n) is 2.73. The topological polar surface area (TPSA) is 110 Å². The van der Waals surface area contributed by atoms with Gasteiger partial charge in [-0.1, -0.05) is 15.9 Å². The molecule has 0 saturated carbocycles. The Kier molecular flexibility index (Phi) is 5.02. The molecule has 12 heteroatoms. The van der Waals surface area contributed by atoms with E-state index >= 15 is 0 Å². The summed E-state index contributed by atoms with van der Waals surface area (Å²) in [6, 6.07) is 3.34. The van der Waals surface area contributed by atoms with Gasteiger partial charge in [-0.25, -0.2) is 14.2 Å². The third-order valence-corrected chi connectivity index (χ3v) is 6.04. The Balaban J connectivity index is 1.80. The zero-order valence-corrected chi connectivity index (χ0v) is 18.7. The van der Waals surface area contributed by atoms with E-state index in [0.29, 0.717) is 23.2 Å². The molecule has 3 heterocycles. The van der Waals surface area contributed by atoms with Crippen LogP contribution in [0, 0.1) is 0 Å². The predicted octanol–water partition coefficient (Wildman–Crippen LogP) is 3.34. The Labute approximate surface area is 178 Å². The molecular weight excluding hydrogens is 512 g/mol. The maximum Gasteiger partial charge on any atom is 0.174 e. The number of fused-ring (bicyclic) bond motifs is 1. The summed E-state index contributed by atoms with van der Waals surface area (Å²) < 4.78 is 23.2. The Morgan fingerprint density at radius 3 is 2.82 bits per heavy atom. The molecule has 2 atom stereocenters. The summed E-state index contributed by atoms with van der Waals surface area (Å²) in [4.78, 5) is 17.4. The highest BCUT2D eigenvalue weighted by molar-refractivity contribution is 9.11. The highest BCUT2D eigenvalue weighted by Crippen LogP contribution is 2.36. The van der Waals surface area contributed by atoms with Crippen LogP contribution in [-0.4, -0.2) is 41.0 Å². The van der Waals surface area contributed by atoms with E-state index in [1.807, 2.05) is 19.1 Å². The van der Waals surface area contributed by atoms with Crippen LogP contribution >= 0.6 is 31.9 Å². The fourth-order valence-corrected chi connectivity index (χ4v) is 5.27. The van der Waals surface area contributed by atoms with Crippen LogP contribution in [0.25, 0.3) is 5.82 Å². The van der Waals surface area contributed by atoms with Gasteiger partial charge >= 0.3 is 0 Å². The van der Waals surface area contributed by atoms with Gasteiger partial charge in [0.05, 0.1) is 11.9 Å². The summed E-state index contributed by atoms with van der Waals surface area (Å²) in [5, 5.41) is 4.23. The number of halogens is 2. The van der Waals surface area contributed by atoms with Gasteiger partial charge in [0.2, 0.25) is 0 Å². The first kappa shape index (κ1) is 19.2. The summed E-state index contributed by atoms with van der Waals surface area (Å²) in [6.45, 7) is 1.88. The van der Waals surface area contributed by atoms with E-state index in [1.54, 1.807) is 23.3 Å². The normalized spacial score (nSPS) is 20.9. The lowest BCUT2D eigenvalue weighted by atomic mass is 10.1. The third kappa shape index (κ3) is 3.71. The van der Waals surface area contributed by atoms with Crippen LogP contribution in [0.4, 0.5) is 5.69 Å². The van der Waals surface area contributed by atoms with E-state index in [4.69, 9.17) is 4.99 Å². The van der Waals surface area contributed by atoms with Crippen molar-refractivity contribution in [3.8, 4) is 5.82 Å². The standard InChI is InChI=1S/C16H14Br2N8OS/c1-9(16-21-8-22-26(16)13-7-19-3-4-20-13)23-15-11-5-10(17)6-12(18)14(11)24-28(2,27)25-15/h3-9H,1-2H3,(H,23,24,25,27)/t9-,28?/m0/s1. The van der Waals surface area contributed by atoms with Crippen molar-refractivity contribution < 1.29 is 4.21 Å². The van der Waals surface area contributed by atoms with Crippen LogP contribution < -0.4 is 4.72 Å². The molecule has 0 bridgehead atoms. The Hall–Kier alpha value is -2.18. The predicted molar refractivity (Wildman–Crippen MR) is 113 cm³/mol. The van der Waals surface area contributed by atoms with Gasteiger partial charge in [-0.15, -0.1) is 0 Å². The average molecular weight is 526 g/mol. The fraction of sp³-hybridized carbons (Fsp3) is 0.188. The number of hydrogen-bond donors (Lipinski definition) is 1. The maximum absolute atomic E-state index is 12.7. The molecule has 0 saturated heterocycles. The Morgan fingerprint density at radius 2 is 2.07 bits per heavy atom. The molecule has 144 valence electrons. The second-order valence-corrected chi connectivity index (χ2v) is 9.79.